The van der Waals surface area contributed by atoms with Crippen molar-refractivity contribution in [2.24, 2.45) is 0 Å². The van der Waals surface area contributed by atoms with Gasteiger partial charge in [0.25, 0.3) is 10.0 Å². The van der Waals surface area contributed by atoms with Gasteiger partial charge in [-0.2, -0.15) is 0 Å². The Morgan fingerprint density at radius 3 is 2.28 bits per heavy atom. The molecule has 148 valence electrons. The number of rotatable bonds is 6. The quantitative estimate of drug-likeness (QED) is 0.524. The van der Waals surface area contributed by atoms with Gasteiger partial charge in [-0.05, 0) is 42.5 Å². The molecule has 0 aliphatic heterocycles. The topological polar surface area (TPSA) is 94.8 Å². The molecule has 0 bridgehead atoms. The molecule has 2 aromatic heterocycles. The molecule has 0 atom stereocenters. The number of imidazole rings is 1. The molecule has 0 aliphatic carbocycles. The van der Waals surface area contributed by atoms with Gasteiger partial charge in [0, 0.05) is 17.3 Å². The number of ether oxygens (including phenoxy) is 2. The van der Waals surface area contributed by atoms with Gasteiger partial charge in [-0.15, -0.1) is 5.10 Å². The maximum absolute atomic E-state index is 12.5. The van der Waals surface area contributed by atoms with E-state index in [0.29, 0.717) is 23.0 Å². The number of fused-ring (bicyclic) bond motifs is 1. The Kier molecular flexibility index (Phi) is 4.81. The first-order valence-electron chi connectivity index (χ1n) is 8.66. The molecule has 0 saturated carbocycles. The van der Waals surface area contributed by atoms with E-state index in [4.69, 9.17) is 9.47 Å². The lowest BCUT2D eigenvalue weighted by molar-refractivity contribution is 0.390. The number of hydrogen-bond acceptors (Lipinski definition) is 6. The standard InChI is InChI=1S/C20H18N4O4S/c1-27-16-7-9-17(10-8-16)29(25,26)23-15-5-3-14(4-6-15)18-13-24-19(21-18)11-12-20(22-24)28-2/h3-13,23H,1-2H3. The summed E-state index contributed by atoms with van der Waals surface area (Å²) < 4.78 is 39.5. The van der Waals surface area contributed by atoms with Crippen molar-refractivity contribution in [2.75, 3.05) is 18.9 Å². The first-order chi connectivity index (χ1) is 14.0. The summed E-state index contributed by atoms with van der Waals surface area (Å²) in [6.45, 7) is 0. The number of methoxy groups -OCH3 is 2. The molecule has 1 N–H and O–H groups in total. The van der Waals surface area contributed by atoms with E-state index in [2.05, 4.69) is 14.8 Å². The Balaban J connectivity index is 1.55. The van der Waals surface area contributed by atoms with Gasteiger partial charge in [0.1, 0.15) is 5.75 Å². The highest BCUT2D eigenvalue weighted by atomic mass is 32.2. The fourth-order valence-electron chi connectivity index (χ4n) is 2.79. The molecule has 0 fully saturated rings. The molecular weight excluding hydrogens is 392 g/mol. The summed E-state index contributed by atoms with van der Waals surface area (Å²) in [6.07, 6.45) is 1.79. The van der Waals surface area contributed by atoms with Crippen molar-refractivity contribution >= 4 is 21.4 Å². The molecule has 9 heteroatoms. The van der Waals surface area contributed by atoms with Crippen LogP contribution >= 0.6 is 0 Å². The van der Waals surface area contributed by atoms with E-state index in [9.17, 15) is 8.42 Å². The molecular formula is C20H18N4O4S. The van der Waals surface area contributed by atoms with E-state index >= 15 is 0 Å². The van der Waals surface area contributed by atoms with Crippen LogP contribution in [0.15, 0.2) is 71.8 Å². The summed E-state index contributed by atoms with van der Waals surface area (Å²) in [6, 6.07) is 16.7. The molecule has 8 nitrogen and oxygen atoms in total. The number of nitrogens with one attached hydrogen (secondary N) is 1. The van der Waals surface area contributed by atoms with Gasteiger partial charge in [0.05, 0.1) is 31.0 Å². The van der Waals surface area contributed by atoms with Crippen LogP contribution in [0.4, 0.5) is 5.69 Å². The van der Waals surface area contributed by atoms with Crippen molar-refractivity contribution in [3.63, 3.8) is 0 Å². The zero-order valence-corrected chi connectivity index (χ0v) is 16.6. The number of aromatic nitrogens is 3. The number of hydrogen-bond donors (Lipinski definition) is 1. The van der Waals surface area contributed by atoms with Crippen LogP contribution in [0.2, 0.25) is 0 Å². The van der Waals surface area contributed by atoms with Crippen LogP contribution in [0.25, 0.3) is 16.9 Å². The van der Waals surface area contributed by atoms with Crippen molar-refractivity contribution < 1.29 is 17.9 Å². The summed E-state index contributed by atoms with van der Waals surface area (Å²) in [5.74, 6) is 1.08. The molecule has 29 heavy (non-hydrogen) atoms. The SMILES string of the molecule is COc1ccc(S(=O)(=O)Nc2ccc(-c3cn4nc(OC)ccc4n3)cc2)cc1. The maximum atomic E-state index is 12.5. The summed E-state index contributed by atoms with van der Waals surface area (Å²) in [4.78, 5) is 4.68. The van der Waals surface area contributed by atoms with Crippen molar-refractivity contribution in [3.05, 3.63) is 66.9 Å². The molecule has 2 aromatic carbocycles. The lowest BCUT2D eigenvalue weighted by Crippen LogP contribution is -2.12. The van der Waals surface area contributed by atoms with Crippen LogP contribution in [0.1, 0.15) is 0 Å². The fourth-order valence-corrected chi connectivity index (χ4v) is 3.85. The Bertz CT molecular complexity index is 1250. The Labute approximate surface area is 167 Å². The molecule has 2 heterocycles. The number of benzene rings is 2. The average molecular weight is 410 g/mol. The van der Waals surface area contributed by atoms with Gasteiger partial charge >= 0.3 is 0 Å². The van der Waals surface area contributed by atoms with E-state index in [1.54, 1.807) is 60.3 Å². The minimum Gasteiger partial charge on any atom is -0.497 e. The van der Waals surface area contributed by atoms with E-state index in [0.717, 1.165) is 11.3 Å². The Hall–Kier alpha value is -3.59. The molecule has 0 aliphatic rings. The monoisotopic (exact) mass is 410 g/mol. The van der Waals surface area contributed by atoms with Gasteiger partial charge in [0.2, 0.25) is 5.88 Å². The third-order valence-electron chi connectivity index (χ3n) is 4.31. The van der Waals surface area contributed by atoms with Gasteiger partial charge in [-0.1, -0.05) is 12.1 Å². The molecule has 0 spiro atoms. The zero-order valence-electron chi connectivity index (χ0n) is 15.7. The van der Waals surface area contributed by atoms with Crippen LogP contribution in [-0.2, 0) is 10.0 Å². The van der Waals surface area contributed by atoms with Gasteiger partial charge in [-0.25, -0.2) is 17.9 Å². The van der Waals surface area contributed by atoms with Gasteiger partial charge < -0.3 is 9.47 Å². The Morgan fingerprint density at radius 1 is 0.897 bits per heavy atom. The first kappa shape index (κ1) is 18.8. The second-order valence-corrected chi connectivity index (χ2v) is 7.85. The second kappa shape index (κ2) is 7.44. The lowest BCUT2D eigenvalue weighted by Gasteiger charge is -2.09. The van der Waals surface area contributed by atoms with Crippen LogP contribution in [-0.4, -0.2) is 37.2 Å². The third-order valence-corrected chi connectivity index (χ3v) is 5.70. The summed E-state index contributed by atoms with van der Waals surface area (Å²) in [5, 5.41) is 4.28. The first-order valence-corrected chi connectivity index (χ1v) is 10.1. The molecule has 0 unspecified atom stereocenters. The highest BCUT2D eigenvalue weighted by molar-refractivity contribution is 7.92. The van der Waals surface area contributed by atoms with Crippen molar-refractivity contribution in [1.29, 1.82) is 0 Å². The highest BCUT2D eigenvalue weighted by Gasteiger charge is 2.14. The Morgan fingerprint density at radius 2 is 1.62 bits per heavy atom. The zero-order chi connectivity index (χ0) is 20.4. The molecule has 0 saturated heterocycles. The van der Waals surface area contributed by atoms with Crippen molar-refractivity contribution in [1.82, 2.24) is 14.6 Å². The van der Waals surface area contributed by atoms with Crippen molar-refractivity contribution in [2.45, 2.75) is 4.90 Å². The fraction of sp³-hybridized carbons (Fsp3) is 0.100. The predicted molar refractivity (Wildman–Crippen MR) is 109 cm³/mol. The smallest absolute Gasteiger partial charge is 0.261 e. The van der Waals surface area contributed by atoms with E-state index < -0.39 is 10.0 Å². The second-order valence-electron chi connectivity index (χ2n) is 6.16. The van der Waals surface area contributed by atoms with E-state index in [1.165, 1.54) is 19.2 Å². The molecule has 4 aromatic rings. The van der Waals surface area contributed by atoms with E-state index in [-0.39, 0.29) is 4.90 Å². The minimum absolute atomic E-state index is 0.155. The summed E-state index contributed by atoms with van der Waals surface area (Å²) in [7, 11) is -0.613. The summed E-state index contributed by atoms with van der Waals surface area (Å²) in [5.41, 5.74) is 2.69. The van der Waals surface area contributed by atoms with E-state index in [1.807, 2.05) is 6.07 Å². The molecule has 4 rings (SSSR count). The molecule has 0 radical (unpaired) electrons. The normalized spacial score (nSPS) is 11.4. The predicted octanol–water partition coefficient (Wildman–Crippen LogP) is 3.21. The third kappa shape index (κ3) is 3.85. The van der Waals surface area contributed by atoms with Crippen LogP contribution < -0.4 is 14.2 Å². The van der Waals surface area contributed by atoms with Crippen molar-refractivity contribution in [3.8, 4) is 22.9 Å². The maximum Gasteiger partial charge on any atom is 0.261 e. The number of sulfonamides is 1. The highest BCUT2D eigenvalue weighted by Crippen LogP contribution is 2.24. The molecule has 0 amide bonds. The van der Waals surface area contributed by atoms with Gasteiger partial charge in [-0.3, -0.25) is 4.72 Å². The largest absolute Gasteiger partial charge is 0.497 e. The number of anilines is 1. The number of nitrogens with zero attached hydrogens (tertiary/aromatic N) is 3. The average Bonchev–Trinajstić information content (AvgIpc) is 3.17. The van der Waals surface area contributed by atoms with Crippen LogP contribution in [0, 0.1) is 0 Å². The van der Waals surface area contributed by atoms with Crippen LogP contribution in [0.3, 0.4) is 0 Å². The van der Waals surface area contributed by atoms with Crippen LogP contribution in [0.5, 0.6) is 11.6 Å². The summed E-state index contributed by atoms with van der Waals surface area (Å²) >= 11 is 0. The minimum atomic E-state index is -3.69. The van der Waals surface area contributed by atoms with Gasteiger partial charge in [0.15, 0.2) is 5.65 Å². The lowest BCUT2D eigenvalue weighted by atomic mass is 10.1.